The Labute approximate surface area is 115 Å². The third kappa shape index (κ3) is 4.33. The standard InChI is InChI=1S/C12H16ClFN2O3/c1-2-8(3-4-17)7-15-11-5-9(13)10(14)6-12(11)16(18)19/h5-6,8,15,17H,2-4,7H2,1H3. The topological polar surface area (TPSA) is 75.4 Å². The Morgan fingerprint density at radius 1 is 1.58 bits per heavy atom. The third-order valence-corrected chi connectivity index (χ3v) is 3.22. The van der Waals surface area contributed by atoms with Crippen molar-refractivity contribution in [2.45, 2.75) is 19.8 Å². The fourth-order valence-corrected chi connectivity index (χ4v) is 1.88. The highest BCUT2D eigenvalue weighted by Crippen LogP contribution is 2.30. The molecule has 0 aromatic heterocycles. The molecule has 0 saturated carbocycles. The number of hydrogen-bond acceptors (Lipinski definition) is 4. The minimum Gasteiger partial charge on any atom is -0.396 e. The van der Waals surface area contributed by atoms with Crippen molar-refractivity contribution < 1.29 is 14.4 Å². The van der Waals surface area contributed by atoms with Crippen LogP contribution >= 0.6 is 11.6 Å². The van der Waals surface area contributed by atoms with Crippen LogP contribution in [0.4, 0.5) is 15.8 Å². The zero-order chi connectivity index (χ0) is 14.4. The summed E-state index contributed by atoms with van der Waals surface area (Å²) in [4.78, 5) is 10.2. The molecule has 2 N–H and O–H groups in total. The molecule has 1 rings (SSSR count). The SMILES string of the molecule is CCC(CCO)CNc1cc(Cl)c(F)cc1[N+](=O)[O-]. The summed E-state index contributed by atoms with van der Waals surface area (Å²) in [6, 6.07) is 2.01. The van der Waals surface area contributed by atoms with Gasteiger partial charge in [0.1, 0.15) is 11.5 Å². The summed E-state index contributed by atoms with van der Waals surface area (Å²) in [6.07, 6.45) is 1.43. The van der Waals surface area contributed by atoms with Crippen molar-refractivity contribution in [1.82, 2.24) is 0 Å². The van der Waals surface area contributed by atoms with Gasteiger partial charge in [0.05, 0.1) is 16.0 Å². The largest absolute Gasteiger partial charge is 0.396 e. The number of nitrogens with one attached hydrogen (secondary N) is 1. The van der Waals surface area contributed by atoms with Crippen LogP contribution in [0.1, 0.15) is 19.8 Å². The van der Waals surface area contributed by atoms with Crippen LogP contribution < -0.4 is 5.32 Å². The van der Waals surface area contributed by atoms with Gasteiger partial charge in [0.25, 0.3) is 5.69 Å². The Kier molecular flexibility index (Phi) is 5.98. The molecule has 0 bridgehead atoms. The van der Waals surface area contributed by atoms with Crippen molar-refractivity contribution in [3.8, 4) is 0 Å². The molecule has 19 heavy (non-hydrogen) atoms. The van der Waals surface area contributed by atoms with Crippen LogP contribution in [-0.2, 0) is 0 Å². The maximum Gasteiger partial charge on any atom is 0.295 e. The molecule has 0 heterocycles. The fraction of sp³-hybridized carbons (Fsp3) is 0.500. The predicted octanol–water partition coefficient (Wildman–Crippen LogP) is 3.21. The van der Waals surface area contributed by atoms with Gasteiger partial charge in [-0.15, -0.1) is 0 Å². The fourth-order valence-electron chi connectivity index (χ4n) is 1.72. The van der Waals surface area contributed by atoms with Crippen LogP contribution in [0.5, 0.6) is 0 Å². The minimum absolute atomic E-state index is 0.0620. The van der Waals surface area contributed by atoms with E-state index in [1.54, 1.807) is 0 Å². The summed E-state index contributed by atoms with van der Waals surface area (Å²) in [5.74, 6) is -0.630. The van der Waals surface area contributed by atoms with Crippen LogP contribution in [-0.4, -0.2) is 23.2 Å². The van der Waals surface area contributed by atoms with Crippen molar-refractivity contribution in [3.05, 3.63) is 33.1 Å². The number of aliphatic hydroxyl groups excluding tert-OH is 1. The molecule has 0 spiro atoms. The Hall–Kier alpha value is -1.40. The number of nitrogens with zero attached hydrogens (tertiary/aromatic N) is 1. The van der Waals surface area contributed by atoms with E-state index in [1.807, 2.05) is 6.92 Å². The molecule has 5 nitrogen and oxygen atoms in total. The van der Waals surface area contributed by atoms with Gasteiger partial charge in [-0.1, -0.05) is 24.9 Å². The van der Waals surface area contributed by atoms with E-state index in [9.17, 15) is 14.5 Å². The Morgan fingerprint density at radius 2 is 2.26 bits per heavy atom. The lowest BCUT2D eigenvalue weighted by Crippen LogP contribution is -2.15. The Bertz CT molecular complexity index is 457. The van der Waals surface area contributed by atoms with Gasteiger partial charge in [-0.05, 0) is 18.4 Å². The molecule has 1 aromatic carbocycles. The van der Waals surface area contributed by atoms with E-state index in [0.29, 0.717) is 13.0 Å². The molecular weight excluding hydrogens is 275 g/mol. The lowest BCUT2D eigenvalue weighted by atomic mass is 10.0. The molecule has 0 aliphatic rings. The van der Waals surface area contributed by atoms with Gasteiger partial charge < -0.3 is 10.4 Å². The average molecular weight is 291 g/mol. The van der Waals surface area contributed by atoms with Gasteiger partial charge in [-0.3, -0.25) is 10.1 Å². The van der Waals surface area contributed by atoms with Crippen molar-refractivity contribution in [3.63, 3.8) is 0 Å². The monoisotopic (exact) mass is 290 g/mol. The zero-order valence-electron chi connectivity index (χ0n) is 10.5. The summed E-state index contributed by atoms with van der Waals surface area (Å²) in [7, 11) is 0. The number of nitro benzene ring substituents is 1. The van der Waals surface area contributed by atoms with Gasteiger partial charge in [-0.25, -0.2) is 4.39 Å². The number of aliphatic hydroxyl groups is 1. The first kappa shape index (κ1) is 15.7. The summed E-state index contributed by atoms with van der Waals surface area (Å²) in [5.41, 5.74) is -0.159. The second-order valence-corrected chi connectivity index (χ2v) is 4.62. The summed E-state index contributed by atoms with van der Waals surface area (Å²) < 4.78 is 13.2. The van der Waals surface area contributed by atoms with E-state index in [2.05, 4.69) is 5.32 Å². The van der Waals surface area contributed by atoms with Crippen LogP contribution in [0.15, 0.2) is 12.1 Å². The summed E-state index contributed by atoms with van der Waals surface area (Å²) in [6.45, 7) is 2.49. The quantitative estimate of drug-likeness (QED) is 0.597. The highest BCUT2D eigenvalue weighted by molar-refractivity contribution is 6.31. The molecule has 1 atom stereocenters. The first-order valence-electron chi connectivity index (χ1n) is 5.97. The Morgan fingerprint density at radius 3 is 2.79 bits per heavy atom. The molecule has 7 heteroatoms. The molecule has 0 amide bonds. The lowest BCUT2D eigenvalue weighted by Gasteiger charge is -2.15. The normalized spacial score (nSPS) is 12.2. The maximum atomic E-state index is 13.2. The molecule has 0 aliphatic heterocycles. The maximum absolute atomic E-state index is 13.2. The number of nitro groups is 1. The smallest absolute Gasteiger partial charge is 0.295 e. The van der Waals surface area contributed by atoms with Crippen LogP contribution in [0.2, 0.25) is 5.02 Å². The zero-order valence-corrected chi connectivity index (χ0v) is 11.3. The number of anilines is 1. The van der Waals surface area contributed by atoms with Crippen LogP contribution in [0, 0.1) is 21.8 Å². The predicted molar refractivity (Wildman–Crippen MR) is 72.0 cm³/mol. The van der Waals surface area contributed by atoms with Gasteiger partial charge in [0, 0.05) is 13.2 Å². The van der Waals surface area contributed by atoms with Gasteiger partial charge >= 0.3 is 0 Å². The van der Waals surface area contributed by atoms with Crippen LogP contribution in [0.25, 0.3) is 0 Å². The highest BCUT2D eigenvalue weighted by Gasteiger charge is 2.18. The molecule has 1 aromatic rings. The van der Waals surface area contributed by atoms with E-state index in [-0.39, 0.29) is 28.9 Å². The minimum atomic E-state index is -0.818. The molecule has 1 unspecified atom stereocenters. The first-order valence-corrected chi connectivity index (χ1v) is 6.35. The van der Waals surface area contributed by atoms with Crippen molar-refractivity contribution >= 4 is 23.0 Å². The molecule has 0 radical (unpaired) electrons. The van der Waals surface area contributed by atoms with Crippen molar-refractivity contribution in [2.75, 3.05) is 18.5 Å². The number of hydrogen-bond donors (Lipinski definition) is 2. The van der Waals surface area contributed by atoms with E-state index in [0.717, 1.165) is 12.5 Å². The molecule has 106 valence electrons. The second-order valence-electron chi connectivity index (χ2n) is 4.21. The van der Waals surface area contributed by atoms with Gasteiger partial charge in [-0.2, -0.15) is 0 Å². The second kappa shape index (κ2) is 7.25. The third-order valence-electron chi connectivity index (χ3n) is 2.93. The van der Waals surface area contributed by atoms with Crippen molar-refractivity contribution in [2.24, 2.45) is 5.92 Å². The number of rotatable bonds is 7. The average Bonchev–Trinajstić information content (AvgIpc) is 2.37. The molecule has 0 fully saturated rings. The highest BCUT2D eigenvalue weighted by atomic mass is 35.5. The summed E-state index contributed by atoms with van der Waals surface area (Å²) >= 11 is 5.62. The molecule has 0 aliphatic carbocycles. The first-order chi connectivity index (χ1) is 8.99. The van der Waals surface area contributed by atoms with Gasteiger partial charge in [0.2, 0.25) is 0 Å². The Balaban J connectivity index is 2.87. The van der Waals surface area contributed by atoms with Crippen molar-refractivity contribution in [1.29, 1.82) is 0 Å². The molecular formula is C12H16ClFN2O3. The van der Waals surface area contributed by atoms with E-state index < -0.39 is 10.7 Å². The number of benzene rings is 1. The van der Waals surface area contributed by atoms with Gasteiger partial charge in [0.15, 0.2) is 0 Å². The number of halogens is 2. The van der Waals surface area contributed by atoms with Crippen LogP contribution in [0.3, 0.4) is 0 Å². The molecule has 0 saturated heterocycles. The summed E-state index contributed by atoms with van der Waals surface area (Å²) in [5, 5.41) is 22.5. The lowest BCUT2D eigenvalue weighted by molar-refractivity contribution is -0.384. The van der Waals surface area contributed by atoms with E-state index in [4.69, 9.17) is 16.7 Å². The van der Waals surface area contributed by atoms with E-state index >= 15 is 0 Å². The van der Waals surface area contributed by atoms with E-state index in [1.165, 1.54) is 6.07 Å².